The highest BCUT2D eigenvalue weighted by molar-refractivity contribution is 9.13. The van der Waals surface area contributed by atoms with Crippen LogP contribution in [0.1, 0.15) is 36.3 Å². The van der Waals surface area contributed by atoms with Crippen LogP contribution in [0.5, 0.6) is 0 Å². The van der Waals surface area contributed by atoms with Crippen LogP contribution in [-0.2, 0) is 13.0 Å². The van der Waals surface area contributed by atoms with E-state index in [1.165, 1.54) is 56.3 Å². The van der Waals surface area contributed by atoms with Crippen molar-refractivity contribution in [2.24, 2.45) is 0 Å². The summed E-state index contributed by atoms with van der Waals surface area (Å²) in [6, 6.07) is 0. The van der Waals surface area contributed by atoms with Gasteiger partial charge in [0.15, 0.2) is 0 Å². The predicted molar refractivity (Wildman–Crippen MR) is 101 cm³/mol. The summed E-state index contributed by atoms with van der Waals surface area (Å²) in [5.74, 6) is 1.88. The van der Waals surface area contributed by atoms with Crippen LogP contribution in [-0.4, -0.2) is 35.7 Å². The van der Waals surface area contributed by atoms with Crippen LogP contribution >= 0.6 is 31.9 Å². The van der Waals surface area contributed by atoms with Gasteiger partial charge in [0.05, 0.1) is 11.0 Å². The Bertz CT molecular complexity index is 788. The molecule has 1 N–H and O–H groups in total. The minimum absolute atomic E-state index is 0.691. The zero-order valence-corrected chi connectivity index (χ0v) is 16.2. The summed E-state index contributed by atoms with van der Waals surface area (Å²) < 4.78 is 5.00. The van der Waals surface area contributed by atoms with Gasteiger partial charge in [-0.2, -0.15) is 0 Å². The molecule has 6 heteroatoms. The standard InChI is InChI=1S/C17H20Br2N4/c18-13-11-2-1-7-23-16(11)15(12(14(13)19)10-3-4-10)21-17(23)22-8-5-20-6-9-22/h10,20H,1-9H2. The van der Waals surface area contributed by atoms with Crippen molar-refractivity contribution < 1.29 is 0 Å². The van der Waals surface area contributed by atoms with E-state index < -0.39 is 0 Å². The van der Waals surface area contributed by atoms with E-state index in [-0.39, 0.29) is 0 Å². The van der Waals surface area contributed by atoms with Crippen LogP contribution in [0.4, 0.5) is 5.95 Å². The number of aryl methyl sites for hydroxylation is 2. The number of rotatable bonds is 2. The minimum atomic E-state index is 0.691. The maximum absolute atomic E-state index is 5.18. The summed E-state index contributed by atoms with van der Waals surface area (Å²) in [5, 5.41) is 3.45. The molecule has 0 atom stereocenters. The lowest BCUT2D eigenvalue weighted by molar-refractivity contribution is 0.556. The Kier molecular flexibility index (Phi) is 3.50. The zero-order valence-electron chi connectivity index (χ0n) is 13.0. The number of imidazole rings is 1. The summed E-state index contributed by atoms with van der Waals surface area (Å²) in [4.78, 5) is 7.64. The number of hydrogen-bond acceptors (Lipinski definition) is 3. The maximum atomic E-state index is 5.18. The number of piperazine rings is 1. The van der Waals surface area contributed by atoms with Gasteiger partial charge in [-0.1, -0.05) is 0 Å². The van der Waals surface area contributed by atoms with Crippen molar-refractivity contribution in [1.82, 2.24) is 14.9 Å². The van der Waals surface area contributed by atoms with Gasteiger partial charge >= 0.3 is 0 Å². The summed E-state index contributed by atoms with van der Waals surface area (Å²) in [7, 11) is 0. The summed E-state index contributed by atoms with van der Waals surface area (Å²) in [6.07, 6.45) is 4.95. The summed E-state index contributed by atoms with van der Waals surface area (Å²) in [5.41, 5.74) is 5.52. The molecule has 2 aromatic rings. The van der Waals surface area contributed by atoms with Crippen molar-refractivity contribution in [2.75, 3.05) is 31.1 Å². The number of anilines is 1. The highest BCUT2D eigenvalue weighted by Crippen LogP contribution is 2.51. The fraction of sp³-hybridized carbons (Fsp3) is 0.588. The van der Waals surface area contributed by atoms with Crippen molar-refractivity contribution >= 4 is 48.8 Å². The summed E-state index contributed by atoms with van der Waals surface area (Å²) in [6.45, 7) is 5.32. The Labute approximate surface area is 152 Å². The number of nitrogens with one attached hydrogen (secondary N) is 1. The van der Waals surface area contributed by atoms with Crippen molar-refractivity contribution in [3.63, 3.8) is 0 Å². The molecule has 0 bridgehead atoms. The van der Waals surface area contributed by atoms with Gasteiger partial charge in [0.2, 0.25) is 5.95 Å². The maximum Gasteiger partial charge on any atom is 0.206 e. The van der Waals surface area contributed by atoms with Crippen molar-refractivity contribution in [3.8, 4) is 0 Å². The molecular formula is C17H20Br2N4. The number of aromatic nitrogens is 2. The third kappa shape index (κ3) is 2.21. The van der Waals surface area contributed by atoms with Crippen LogP contribution in [0.2, 0.25) is 0 Å². The van der Waals surface area contributed by atoms with E-state index in [9.17, 15) is 0 Å². The Hall–Kier alpha value is -0.590. The van der Waals surface area contributed by atoms with Gasteiger partial charge in [-0.3, -0.25) is 0 Å². The molecule has 122 valence electrons. The Morgan fingerprint density at radius 2 is 1.83 bits per heavy atom. The average Bonchev–Trinajstić information content (AvgIpc) is 3.35. The first-order chi connectivity index (χ1) is 11.3. The molecule has 0 radical (unpaired) electrons. The van der Waals surface area contributed by atoms with Gasteiger partial charge in [-0.05, 0) is 74.6 Å². The molecule has 0 unspecified atom stereocenters. The molecule has 5 rings (SSSR count). The molecule has 1 aliphatic carbocycles. The molecule has 1 aromatic heterocycles. The van der Waals surface area contributed by atoms with Gasteiger partial charge in [0.25, 0.3) is 0 Å². The SMILES string of the molecule is Brc1c(Br)c2c3c(nc(N4CCNCC4)n3CCC2)c1C1CC1. The molecule has 3 heterocycles. The van der Waals surface area contributed by atoms with Crippen LogP contribution in [0.3, 0.4) is 0 Å². The van der Waals surface area contributed by atoms with Gasteiger partial charge in [0, 0.05) is 41.7 Å². The normalized spacial score (nSPS) is 21.2. The number of benzene rings is 1. The molecule has 0 amide bonds. The quantitative estimate of drug-likeness (QED) is 0.772. The minimum Gasteiger partial charge on any atom is -0.340 e. The van der Waals surface area contributed by atoms with E-state index in [1.807, 2.05) is 0 Å². The van der Waals surface area contributed by atoms with E-state index in [1.54, 1.807) is 0 Å². The molecule has 23 heavy (non-hydrogen) atoms. The lowest BCUT2D eigenvalue weighted by Gasteiger charge is -2.29. The molecule has 1 aromatic carbocycles. The zero-order chi connectivity index (χ0) is 15.6. The largest absolute Gasteiger partial charge is 0.340 e. The second-order valence-electron chi connectivity index (χ2n) is 6.90. The van der Waals surface area contributed by atoms with Crippen LogP contribution in [0, 0.1) is 0 Å². The molecule has 4 nitrogen and oxygen atoms in total. The molecule has 2 aliphatic heterocycles. The smallest absolute Gasteiger partial charge is 0.206 e. The second-order valence-corrected chi connectivity index (χ2v) is 8.48. The van der Waals surface area contributed by atoms with E-state index in [0.717, 1.165) is 39.1 Å². The lowest BCUT2D eigenvalue weighted by atomic mass is 9.99. The van der Waals surface area contributed by atoms with Crippen molar-refractivity contribution in [1.29, 1.82) is 0 Å². The predicted octanol–water partition coefficient (Wildman–Crippen LogP) is 3.79. The molecule has 1 saturated heterocycles. The molecule has 1 saturated carbocycles. The van der Waals surface area contributed by atoms with E-state index in [0.29, 0.717) is 5.92 Å². The van der Waals surface area contributed by atoms with Crippen molar-refractivity contribution in [3.05, 3.63) is 20.1 Å². The van der Waals surface area contributed by atoms with Crippen molar-refractivity contribution in [2.45, 2.75) is 38.1 Å². The van der Waals surface area contributed by atoms with Crippen LogP contribution in [0.15, 0.2) is 8.95 Å². The molecule has 3 aliphatic rings. The summed E-state index contributed by atoms with van der Waals surface area (Å²) >= 11 is 7.74. The van der Waals surface area contributed by atoms with Gasteiger partial charge in [-0.25, -0.2) is 4.98 Å². The van der Waals surface area contributed by atoms with E-state index in [2.05, 4.69) is 46.6 Å². The highest BCUT2D eigenvalue weighted by Gasteiger charge is 2.34. The first-order valence-corrected chi connectivity index (χ1v) is 10.2. The van der Waals surface area contributed by atoms with Crippen LogP contribution in [0.25, 0.3) is 11.0 Å². The fourth-order valence-electron chi connectivity index (χ4n) is 4.10. The van der Waals surface area contributed by atoms with Crippen LogP contribution < -0.4 is 10.2 Å². The fourth-order valence-corrected chi connectivity index (χ4v) is 5.45. The monoisotopic (exact) mass is 438 g/mol. The Balaban J connectivity index is 1.79. The van der Waals surface area contributed by atoms with Gasteiger partial charge < -0.3 is 14.8 Å². The van der Waals surface area contributed by atoms with E-state index in [4.69, 9.17) is 4.98 Å². The number of hydrogen-bond donors (Lipinski definition) is 1. The second kappa shape index (κ2) is 5.46. The molecule has 2 fully saturated rings. The highest BCUT2D eigenvalue weighted by atomic mass is 79.9. The lowest BCUT2D eigenvalue weighted by Crippen LogP contribution is -2.44. The third-order valence-electron chi connectivity index (χ3n) is 5.38. The average molecular weight is 440 g/mol. The Morgan fingerprint density at radius 3 is 2.57 bits per heavy atom. The van der Waals surface area contributed by atoms with Gasteiger partial charge in [0.1, 0.15) is 0 Å². The number of nitrogens with zero attached hydrogens (tertiary/aromatic N) is 3. The number of halogens is 2. The first kappa shape index (κ1) is 14.7. The van der Waals surface area contributed by atoms with Gasteiger partial charge in [-0.15, -0.1) is 0 Å². The van der Waals surface area contributed by atoms with E-state index >= 15 is 0 Å². The third-order valence-corrected chi connectivity index (χ3v) is 7.61. The Morgan fingerprint density at radius 1 is 1.04 bits per heavy atom. The first-order valence-electron chi connectivity index (χ1n) is 8.61. The molecule has 0 spiro atoms. The molecular weight excluding hydrogens is 420 g/mol. The topological polar surface area (TPSA) is 33.1 Å².